The van der Waals surface area contributed by atoms with Gasteiger partial charge in [-0.25, -0.2) is 13.2 Å². The number of halogens is 3. The molecular weight excluding hydrogens is 431 g/mol. The summed E-state index contributed by atoms with van der Waals surface area (Å²) >= 11 is 0. The Morgan fingerprint density at radius 3 is 2.15 bits per heavy atom. The number of primary amides is 1. The van der Waals surface area contributed by atoms with Gasteiger partial charge in [-0.15, -0.1) is 0 Å². The van der Waals surface area contributed by atoms with E-state index in [1.807, 2.05) is 20.8 Å². The van der Waals surface area contributed by atoms with Crippen molar-refractivity contribution in [1.29, 1.82) is 0 Å². The van der Waals surface area contributed by atoms with Crippen molar-refractivity contribution in [2.75, 3.05) is 19.6 Å². The van der Waals surface area contributed by atoms with Crippen LogP contribution in [0.15, 0.2) is 0 Å². The third-order valence-electron chi connectivity index (χ3n) is 8.06. The van der Waals surface area contributed by atoms with Gasteiger partial charge in [-0.05, 0) is 90.6 Å². The minimum atomic E-state index is -1.92. The van der Waals surface area contributed by atoms with Gasteiger partial charge in [0.1, 0.15) is 17.5 Å². The maximum Gasteiger partial charge on any atom is 0.234 e. The standard InChI is InChI=1S/C13H24N2O.C12H18F3NO.2H2/c1-12(2,3)14-11(16)10-15-8-6-13(4-5-13)7-9-15;1-2-11(14)5-10(9(16)17)3-8(13)4-12(15,6-10)7-11;;/h4-10H2,1-3H3,(H,14,16);8H,2-7H2,1H3,(H2,16,17);2*1H. The Hall–Kier alpha value is -1.31. The summed E-state index contributed by atoms with van der Waals surface area (Å²) in [6, 6.07) is 0. The fourth-order valence-electron chi connectivity index (χ4n) is 6.20. The van der Waals surface area contributed by atoms with Crippen LogP contribution in [-0.2, 0) is 9.59 Å². The monoisotopic (exact) mass is 477 g/mol. The van der Waals surface area contributed by atoms with Crippen molar-refractivity contribution in [2.24, 2.45) is 16.6 Å². The highest BCUT2D eigenvalue weighted by Gasteiger charge is 2.61. The maximum atomic E-state index is 14.5. The van der Waals surface area contributed by atoms with Crippen LogP contribution in [0, 0.1) is 10.8 Å². The molecule has 8 heteroatoms. The third kappa shape index (κ3) is 6.64. The summed E-state index contributed by atoms with van der Waals surface area (Å²) in [5.41, 5.74) is 0.873. The number of nitrogens with one attached hydrogen (secondary N) is 1. The van der Waals surface area contributed by atoms with E-state index < -0.39 is 28.8 Å². The Kier molecular flexibility index (Phi) is 7.21. The first-order valence-corrected chi connectivity index (χ1v) is 12.5. The number of nitrogens with two attached hydrogens (primary N) is 1. The zero-order chi connectivity index (χ0) is 24.7. The number of likely N-dealkylation sites (tertiary alicyclic amines) is 1. The minimum absolute atomic E-state index is 0. The molecule has 4 rings (SSSR count). The largest absolute Gasteiger partial charge is 0.369 e. The quantitative estimate of drug-likeness (QED) is 0.607. The molecule has 3 saturated carbocycles. The number of hydrogen-bond acceptors (Lipinski definition) is 3. The number of alkyl halides is 3. The summed E-state index contributed by atoms with van der Waals surface area (Å²) in [5, 5.41) is 3.02. The second-order valence-corrected chi connectivity index (χ2v) is 12.4. The van der Waals surface area contributed by atoms with E-state index >= 15 is 0 Å². The van der Waals surface area contributed by atoms with Crippen molar-refractivity contribution in [3.63, 3.8) is 0 Å². The molecule has 2 bridgehead atoms. The number of fused-ring (bicyclic) bond motifs is 2. The van der Waals surface area contributed by atoms with Crippen LogP contribution in [0.4, 0.5) is 13.2 Å². The van der Waals surface area contributed by atoms with Crippen LogP contribution >= 0.6 is 0 Å². The molecule has 2 amide bonds. The van der Waals surface area contributed by atoms with E-state index in [1.165, 1.54) is 25.7 Å². The molecule has 1 aliphatic heterocycles. The van der Waals surface area contributed by atoms with Gasteiger partial charge in [-0.1, -0.05) is 6.92 Å². The fraction of sp³-hybridized carbons (Fsp3) is 0.920. The van der Waals surface area contributed by atoms with Gasteiger partial charge in [0.15, 0.2) is 0 Å². The van der Waals surface area contributed by atoms with Crippen molar-refractivity contribution in [2.45, 2.75) is 115 Å². The Labute approximate surface area is 199 Å². The molecule has 0 aromatic carbocycles. The molecule has 4 aliphatic rings. The molecule has 3 N–H and O–H groups in total. The molecule has 0 radical (unpaired) electrons. The lowest BCUT2D eigenvalue weighted by molar-refractivity contribution is -0.157. The van der Waals surface area contributed by atoms with E-state index in [1.54, 1.807) is 6.92 Å². The first-order chi connectivity index (χ1) is 15.1. The molecule has 1 spiro atoms. The Morgan fingerprint density at radius 1 is 1.06 bits per heavy atom. The van der Waals surface area contributed by atoms with Crippen LogP contribution in [0.5, 0.6) is 0 Å². The number of carbonyl (C=O) groups excluding carboxylic acids is 2. The van der Waals surface area contributed by atoms with Crippen molar-refractivity contribution < 1.29 is 25.6 Å². The Balaban J connectivity index is 0.000000332. The van der Waals surface area contributed by atoms with E-state index in [0.717, 1.165) is 13.1 Å². The van der Waals surface area contributed by atoms with Gasteiger partial charge in [-0.2, -0.15) is 0 Å². The van der Waals surface area contributed by atoms with Gasteiger partial charge < -0.3 is 11.1 Å². The lowest BCUT2D eigenvalue weighted by atomic mass is 9.55. The molecule has 5 nitrogen and oxygen atoms in total. The average molecular weight is 478 g/mol. The van der Waals surface area contributed by atoms with Crippen LogP contribution in [0.1, 0.15) is 94.8 Å². The van der Waals surface area contributed by atoms with Gasteiger partial charge in [0.25, 0.3) is 0 Å². The van der Waals surface area contributed by atoms with Gasteiger partial charge in [-0.3, -0.25) is 14.5 Å². The lowest BCUT2D eigenvalue weighted by Crippen LogP contribution is -2.58. The molecule has 0 aromatic heterocycles. The fourth-order valence-corrected chi connectivity index (χ4v) is 6.20. The second-order valence-electron chi connectivity index (χ2n) is 12.4. The smallest absolute Gasteiger partial charge is 0.234 e. The molecule has 33 heavy (non-hydrogen) atoms. The summed E-state index contributed by atoms with van der Waals surface area (Å²) < 4.78 is 42.4. The van der Waals surface area contributed by atoms with Crippen molar-refractivity contribution in [1.82, 2.24) is 10.2 Å². The molecule has 1 heterocycles. The number of hydrogen-bond donors (Lipinski definition) is 2. The van der Waals surface area contributed by atoms with E-state index in [-0.39, 0.29) is 52.8 Å². The number of piperidine rings is 1. The van der Waals surface area contributed by atoms with Crippen LogP contribution in [-0.4, -0.2) is 59.4 Å². The summed E-state index contributed by atoms with van der Waals surface area (Å²) in [5.74, 6) is -0.601. The van der Waals surface area contributed by atoms with E-state index in [9.17, 15) is 22.8 Å². The topological polar surface area (TPSA) is 75.4 Å². The molecule has 0 aromatic rings. The van der Waals surface area contributed by atoms with E-state index in [2.05, 4.69) is 10.2 Å². The zero-order valence-electron chi connectivity index (χ0n) is 20.7. The van der Waals surface area contributed by atoms with E-state index in [4.69, 9.17) is 5.73 Å². The highest BCUT2D eigenvalue weighted by atomic mass is 19.2. The molecule has 1 saturated heterocycles. The predicted molar refractivity (Wildman–Crippen MR) is 127 cm³/mol. The molecule has 4 unspecified atom stereocenters. The van der Waals surface area contributed by atoms with Crippen molar-refractivity contribution in [3.8, 4) is 0 Å². The van der Waals surface area contributed by atoms with Gasteiger partial charge in [0.2, 0.25) is 11.8 Å². The molecule has 194 valence electrons. The highest BCUT2D eigenvalue weighted by Crippen LogP contribution is 2.58. The van der Waals surface area contributed by atoms with Crippen LogP contribution in [0.2, 0.25) is 0 Å². The van der Waals surface area contributed by atoms with Crippen LogP contribution < -0.4 is 11.1 Å². The average Bonchev–Trinajstić information content (AvgIpc) is 3.40. The SMILES string of the molecule is CC(C)(C)NC(=O)CN1CCC2(CC1)CC2.CCC1(F)CC2(F)CC(F)CC(C(N)=O)(C1)C2.[HH].[HH]. The van der Waals surface area contributed by atoms with E-state index in [0.29, 0.717) is 12.0 Å². The Morgan fingerprint density at radius 2 is 1.67 bits per heavy atom. The first kappa shape index (κ1) is 26.3. The van der Waals surface area contributed by atoms with Crippen molar-refractivity contribution in [3.05, 3.63) is 0 Å². The number of amides is 2. The molecule has 4 atom stereocenters. The predicted octanol–water partition coefficient (Wildman–Crippen LogP) is 4.87. The molecule has 4 fully saturated rings. The third-order valence-corrected chi connectivity index (χ3v) is 8.06. The van der Waals surface area contributed by atoms with Crippen LogP contribution in [0.25, 0.3) is 0 Å². The highest BCUT2D eigenvalue weighted by molar-refractivity contribution is 5.81. The minimum Gasteiger partial charge on any atom is -0.369 e. The molecular formula is C25H46F3N3O2. The van der Waals surface area contributed by atoms with Gasteiger partial charge in [0.05, 0.1) is 12.0 Å². The number of rotatable bonds is 4. The molecule has 3 aliphatic carbocycles. The summed E-state index contributed by atoms with van der Waals surface area (Å²) in [6.45, 7) is 10.5. The lowest BCUT2D eigenvalue weighted by Gasteiger charge is -2.52. The maximum absolute atomic E-state index is 14.5. The summed E-state index contributed by atoms with van der Waals surface area (Å²) in [4.78, 5) is 25.5. The summed E-state index contributed by atoms with van der Waals surface area (Å²) in [7, 11) is 0. The first-order valence-electron chi connectivity index (χ1n) is 12.5. The van der Waals surface area contributed by atoms with Gasteiger partial charge in [0, 0.05) is 21.2 Å². The van der Waals surface area contributed by atoms with Gasteiger partial charge >= 0.3 is 0 Å². The summed E-state index contributed by atoms with van der Waals surface area (Å²) in [6.07, 6.45) is 3.15. The Bertz CT molecular complexity index is 755. The zero-order valence-corrected chi connectivity index (χ0v) is 20.7. The van der Waals surface area contributed by atoms with Crippen molar-refractivity contribution >= 4 is 11.8 Å². The number of nitrogens with zero attached hydrogens (tertiary/aromatic N) is 1. The number of carbonyl (C=O) groups is 2. The van der Waals surface area contributed by atoms with Crippen LogP contribution in [0.3, 0.4) is 0 Å². The second kappa shape index (κ2) is 9.04. The normalized spacial score (nSPS) is 37.6.